The zero-order valence-electron chi connectivity index (χ0n) is 7.80. The highest BCUT2D eigenvalue weighted by atomic mass is 16.5. The zero-order valence-corrected chi connectivity index (χ0v) is 7.80. The van der Waals surface area contributed by atoms with Crippen molar-refractivity contribution in [2.75, 3.05) is 13.7 Å². The maximum Gasteiger partial charge on any atom is 0.327 e. The standard InChI is InChI=1S/C5H12O3.C3H4O2/c1-4(8-2)5(7)3-6;1-2-3(4)5/h4-7H,3H2,1-2H3;2H,1H2,(H,4,5). The van der Waals surface area contributed by atoms with Gasteiger partial charge in [-0.25, -0.2) is 4.79 Å². The Bertz CT molecular complexity index is 137. The van der Waals surface area contributed by atoms with Crippen molar-refractivity contribution in [1.82, 2.24) is 0 Å². The lowest BCUT2D eigenvalue weighted by Crippen LogP contribution is -2.27. The Kier molecular flexibility index (Phi) is 10.3. The van der Waals surface area contributed by atoms with Gasteiger partial charge >= 0.3 is 5.97 Å². The topological polar surface area (TPSA) is 87.0 Å². The number of rotatable bonds is 4. The quantitative estimate of drug-likeness (QED) is 0.529. The molecule has 0 heterocycles. The maximum absolute atomic E-state index is 9.25. The van der Waals surface area contributed by atoms with Gasteiger partial charge in [-0.2, -0.15) is 0 Å². The van der Waals surface area contributed by atoms with Crippen LogP contribution >= 0.6 is 0 Å². The first-order valence-corrected chi connectivity index (χ1v) is 3.66. The van der Waals surface area contributed by atoms with Crippen LogP contribution in [0, 0.1) is 0 Å². The molecule has 0 aromatic carbocycles. The lowest BCUT2D eigenvalue weighted by atomic mass is 10.2. The Labute approximate surface area is 77.3 Å². The first-order valence-electron chi connectivity index (χ1n) is 3.66. The van der Waals surface area contributed by atoms with Gasteiger partial charge in [0.05, 0.1) is 12.7 Å². The SMILES string of the molecule is C=CC(=O)O.COC(C)C(O)CO. The summed E-state index contributed by atoms with van der Waals surface area (Å²) in [6.45, 7) is 4.41. The number of hydrogen-bond acceptors (Lipinski definition) is 4. The second kappa shape index (κ2) is 9.18. The Hall–Kier alpha value is -0.910. The van der Waals surface area contributed by atoms with E-state index in [1.165, 1.54) is 7.11 Å². The van der Waals surface area contributed by atoms with Crippen molar-refractivity contribution in [3.05, 3.63) is 12.7 Å². The van der Waals surface area contributed by atoms with Crippen LogP contribution in [0.5, 0.6) is 0 Å². The molecule has 2 atom stereocenters. The van der Waals surface area contributed by atoms with Gasteiger partial charge in [0.2, 0.25) is 0 Å². The minimum absolute atomic E-state index is 0.241. The lowest BCUT2D eigenvalue weighted by molar-refractivity contribution is -0.131. The molecule has 0 aromatic rings. The fraction of sp³-hybridized carbons (Fsp3) is 0.625. The van der Waals surface area contributed by atoms with Gasteiger partial charge in [0, 0.05) is 13.2 Å². The summed E-state index contributed by atoms with van der Waals surface area (Å²) in [6.07, 6.45) is -0.194. The van der Waals surface area contributed by atoms with Crippen molar-refractivity contribution < 1.29 is 24.9 Å². The highest BCUT2D eigenvalue weighted by molar-refractivity contribution is 5.78. The molecule has 3 N–H and O–H groups in total. The van der Waals surface area contributed by atoms with Crippen molar-refractivity contribution in [1.29, 1.82) is 0 Å². The van der Waals surface area contributed by atoms with Crippen LogP contribution in [-0.2, 0) is 9.53 Å². The Balaban J connectivity index is 0. The summed E-state index contributed by atoms with van der Waals surface area (Å²) in [5.41, 5.74) is 0. The van der Waals surface area contributed by atoms with E-state index in [2.05, 4.69) is 6.58 Å². The van der Waals surface area contributed by atoms with Crippen molar-refractivity contribution >= 4 is 5.97 Å². The first kappa shape index (κ1) is 14.6. The van der Waals surface area contributed by atoms with E-state index in [-0.39, 0.29) is 12.7 Å². The third-order valence-electron chi connectivity index (χ3n) is 1.28. The molecule has 5 heteroatoms. The van der Waals surface area contributed by atoms with Crippen molar-refractivity contribution in [3.63, 3.8) is 0 Å². The summed E-state index contributed by atoms with van der Waals surface area (Å²) in [5, 5.41) is 24.7. The second-order valence-electron chi connectivity index (χ2n) is 2.23. The number of aliphatic hydroxyl groups excluding tert-OH is 2. The first-order chi connectivity index (χ1) is 5.99. The molecule has 78 valence electrons. The van der Waals surface area contributed by atoms with E-state index in [9.17, 15) is 4.79 Å². The molecular formula is C8H16O5. The molecule has 0 fully saturated rings. The van der Waals surface area contributed by atoms with Crippen LogP contribution in [0.15, 0.2) is 12.7 Å². The molecule has 0 radical (unpaired) electrons. The van der Waals surface area contributed by atoms with Crippen LogP contribution in [0.2, 0.25) is 0 Å². The highest BCUT2D eigenvalue weighted by Crippen LogP contribution is 1.93. The summed E-state index contributed by atoms with van der Waals surface area (Å²) in [5.74, 6) is -0.981. The van der Waals surface area contributed by atoms with Gasteiger partial charge in [0.25, 0.3) is 0 Å². The monoisotopic (exact) mass is 192 g/mol. The Morgan fingerprint density at radius 1 is 1.69 bits per heavy atom. The molecule has 0 aromatic heterocycles. The van der Waals surface area contributed by atoms with Crippen molar-refractivity contribution in [3.8, 4) is 0 Å². The van der Waals surface area contributed by atoms with Gasteiger partial charge in [0.1, 0.15) is 6.10 Å². The second-order valence-corrected chi connectivity index (χ2v) is 2.23. The average molecular weight is 192 g/mol. The van der Waals surface area contributed by atoms with E-state index in [4.69, 9.17) is 20.1 Å². The van der Waals surface area contributed by atoms with Gasteiger partial charge in [-0.15, -0.1) is 0 Å². The number of carboxylic acid groups (broad SMARTS) is 1. The molecule has 0 aliphatic carbocycles. The van der Waals surface area contributed by atoms with E-state index in [0.717, 1.165) is 6.08 Å². The van der Waals surface area contributed by atoms with E-state index < -0.39 is 12.1 Å². The molecule has 0 rings (SSSR count). The molecule has 0 aliphatic heterocycles. The number of aliphatic hydroxyl groups is 2. The van der Waals surface area contributed by atoms with Gasteiger partial charge in [-0.05, 0) is 6.92 Å². The van der Waals surface area contributed by atoms with E-state index in [1.54, 1.807) is 6.92 Å². The normalized spacial score (nSPS) is 13.5. The molecule has 0 bridgehead atoms. The van der Waals surface area contributed by atoms with E-state index in [1.807, 2.05) is 0 Å². The summed E-state index contributed by atoms with van der Waals surface area (Å²) < 4.78 is 4.69. The van der Waals surface area contributed by atoms with Gasteiger partial charge < -0.3 is 20.1 Å². The zero-order chi connectivity index (χ0) is 10.9. The molecule has 0 saturated heterocycles. The maximum atomic E-state index is 9.25. The smallest absolute Gasteiger partial charge is 0.327 e. The fourth-order valence-corrected chi connectivity index (χ4v) is 0.306. The Morgan fingerprint density at radius 2 is 2.08 bits per heavy atom. The summed E-state index contributed by atoms with van der Waals surface area (Å²) in [7, 11) is 1.49. The fourth-order valence-electron chi connectivity index (χ4n) is 0.306. The Morgan fingerprint density at radius 3 is 2.15 bits per heavy atom. The molecular weight excluding hydrogens is 176 g/mol. The number of carboxylic acids is 1. The van der Waals surface area contributed by atoms with Crippen LogP contribution in [-0.4, -0.2) is 47.2 Å². The predicted molar refractivity (Wildman–Crippen MR) is 47.4 cm³/mol. The highest BCUT2D eigenvalue weighted by Gasteiger charge is 2.09. The lowest BCUT2D eigenvalue weighted by Gasteiger charge is -2.13. The molecule has 13 heavy (non-hydrogen) atoms. The number of carbonyl (C=O) groups is 1. The molecule has 0 saturated carbocycles. The van der Waals surface area contributed by atoms with Crippen LogP contribution in [0.4, 0.5) is 0 Å². The number of methoxy groups -OCH3 is 1. The van der Waals surface area contributed by atoms with Gasteiger partial charge in [0.15, 0.2) is 0 Å². The number of hydrogen-bond donors (Lipinski definition) is 3. The van der Waals surface area contributed by atoms with E-state index in [0.29, 0.717) is 0 Å². The number of aliphatic carboxylic acids is 1. The predicted octanol–water partition coefficient (Wildman–Crippen LogP) is -0.368. The van der Waals surface area contributed by atoms with Crippen LogP contribution in [0.1, 0.15) is 6.92 Å². The van der Waals surface area contributed by atoms with Gasteiger partial charge in [-0.3, -0.25) is 0 Å². The third kappa shape index (κ3) is 11.1. The molecule has 0 spiro atoms. The minimum Gasteiger partial charge on any atom is -0.478 e. The van der Waals surface area contributed by atoms with Crippen LogP contribution < -0.4 is 0 Å². The summed E-state index contributed by atoms with van der Waals surface area (Å²) >= 11 is 0. The average Bonchev–Trinajstić information content (AvgIpc) is 2.16. The van der Waals surface area contributed by atoms with Crippen LogP contribution in [0.3, 0.4) is 0 Å². The minimum atomic E-state index is -0.981. The van der Waals surface area contributed by atoms with Gasteiger partial charge in [-0.1, -0.05) is 6.58 Å². The van der Waals surface area contributed by atoms with Crippen LogP contribution in [0.25, 0.3) is 0 Å². The molecule has 0 aliphatic rings. The molecule has 5 nitrogen and oxygen atoms in total. The molecule has 0 amide bonds. The summed E-state index contributed by atoms with van der Waals surface area (Å²) in [6, 6.07) is 0. The largest absolute Gasteiger partial charge is 0.478 e. The van der Waals surface area contributed by atoms with E-state index >= 15 is 0 Å². The third-order valence-corrected chi connectivity index (χ3v) is 1.28. The molecule has 2 unspecified atom stereocenters. The van der Waals surface area contributed by atoms with Crippen molar-refractivity contribution in [2.45, 2.75) is 19.1 Å². The summed E-state index contributed by atoms with van der Waals surface area (Å²) in [4.78, 5) is 9.25. The van der Waals surface area contributed by atoms with Crippen molar-refractivity contribution in [2.24, 2.45) is 0 Å². The number of ether oxygens (including phenoxy) is 1.